The van der Waals surface area contributed by atoms with Crippen LogP contribution in [0.3, 0.4) is 0 Å². The Morgan fingerprint density at radius 1 is 1.04 bits per heavy atom. The molecule has 1 saturated heterocycles. The third kappa shape index (κ3) is 8.26. The SMILES string of the molecule is CC1C(c2ccccc2Cl)=CC=CC1(COc1cc(OCc2cncc(C#N)c2)c(CO)cc1Cl)OCCCN1CCCCC1. The molecule has 0 bridgehead atoms. The molecule has 2 atom stereocenters. The molecule has 1 aromatic heterocycles. The molecule has 2 heterocycles. The van der Waals surface area contributed by atoms with Crippen LogP contribution in [0, 0.1) is 17.2 Å². The highest BCUT2D eigenvalue weighted by molar-refractivity contribution is 6.32. The molecule has 236 valence electrons. The summed E-state index contributed by atoms with van der Waals surface area (Å²) in [6, 6.07) is 15.0. The topological polar surface area (TPSA) is 87.8 Å². The van der Waals surface area contributed by atoms with Gasteiger partial charge in [0.2, 0.25) is 0 Å². The molecule has 0 radical (unpaired) electrons. The second kappa shape index (κ2) is 15.8. The molecular weight excluding hydrogens is 609 g/mol. The fourth-order valence-corrected chi connectivity index (χ4v) is 6.42. The first-order chi connectivity index (χ1) is 21.9. The molecule has 0 saturated carbocycles. The van der Waals surface area contributed by atoms with Gasteiger partial charge in [-0.2, -0.15) is 5.26 Å². The van der Waals surface area contributed by atoms with Crippen molar-refractivity contribution in [3.05, 3.63) is 105 Å². The van der Waals surface area contributed by atoms with E-state index in [4.69, 9.17) is 37.4 Å². The van der Waals surface area contributed by atoms with Crippen LogP contribution in [0.2, 0.25) is 10.0 Å². The van der Waals surface area contributed by atoms with Gasteiger partial charge < -0.3 is 24.2 Å². The predicted octanol–water partition coefficient (Wildman–Crippen LogP) is 7.63. The molecule has 1 N–H and O–H groups in total. The first-order valence-corrected chi connectivity index (χ1v) is 16.2. The smallest absolute Gasteiger partial charge is 0.141 e. The van der Waals surface area contributed by atoms with Crippen molar-refractivity contribution in [2.75, 3.05) is 32.8 Å². The third-order valence-electron chi connectivity index (χ3n) is 8.53. The molecule has 3 aromatic rings. The molecule has 9 heteroatoms. The van der Waals surface area contributed by atoms with Crippen molar-refractivity contribution in [2.45, 2.75) is 51.4 Å². The summed E-state index contributed by atoms with van der Waals surface area (Å²) in [6.45, 7) is 6.11. The van der Waals surface area contributed by atoms with Gasteiger partial charge in [-0.3, -0.25) is 4.98 Å². The number of aliphatic hydroxyl groups excluding tert-OH is 1. The second-order valence-electron chi connectivity index (χ2n) is 11.6. The summed E-state index contributed by atoms with van der Waals surface area (Å²) in [4.78, 5) is 6.61. The van der Waals surface area contributed by atoms with Gasteiger partial charge in [0.15, 0.2) is 0 Å². The van der Waals surface area contributed by atoms with Crippen molar-refractivity contribution in [3.8, 4) is 17.6 Å². The fourth-order valence-electron chi connectivity index (χ4n) is 5.93. The van der Waals surface area contributed by atoms with Gasteiger partial charge in [-0.1, -0.05) is 66.9 Å². The van der Waals surface area contributed by atoms with E-state index in [1.807, 2.05) is 30.3 Å². The van der Waals surface area contributed by atoms with E-state index in [2.05, 4.69) is 35.0 Å². The summed E-state index contributed by atoms with van der Waals surface area (Å²) in [7, 11) is 0. The summed E-state index contributed by atoms with van der Waals surface area (Å²) < 4.78 is 19.3. The molecule has 1 fully saturated rings. The first-order valence-electron chi connectivity index (χ1n) is 15.5. The average molecular weight is 649 g/mol. The van der Waals surface area contributed by atoms with E-state index in [1.165, 1.54) is 25.5 Å². The number of aromatic nitrogens is 1. The van der Waals surface area contributed by atoms with E-state index in [0.717, 1.165) is 42.8 Å². The number of halogens is 2. The van der Waals surface area contributed by atoms with E-state index in [0.29, 0.717) is 39.3 Å². The van der Waals surface area contributed by atoms with Gasteiger partial charge in [0.25, 0.3) is 0 Å². The molecule has 0 amide bonds. The standard InChI is InChI=1S/C36H39Cl2N3O4/c1-26-30(31-9-3-4-11-32(31)37)10-7-12-36(26,45-16-8-15-41-13-5-2-6-14-41)25-44-35-19-34(29(23-42)18-33(35)38)43-24-28-17-27(20-39)21-40-22-28/h3-4,7,9-12,17-19,21-22,26,42H,2,5-6,8,13-16,23-25H2,1H3. The van der Waals surface area contributed by atoms with Crippen molar-refractivity contribution in [3.63, 3.8) is 0 Å². The monoisotopic (exact) mass is 647 g/mol. The number of benzene rings is 2. The van der Waals surface area contributed by atoms with Crippen molar-refractivity contribution in [2.24, 2.45) is 5.92 Å². The number of nitriles is 1. The van der Waals surface area contributed by atoms with Crippen LogP contribution in [0.4, 0.5) is 0 Å². The van der Waals surface area contributed by atoms with Crippen LogP contribution < -0.4 is 9.47 Å². The van der Waals surface area contributed by atoms with Crippen molar-refractivity contribution in [1.82, 2.24) is 9.88 Å². The zero-order valence-electron chi connectivity index (χ0n) is 25.6. The molecule has 7 nitrogen and oxygen atoms in total. The summed E-state index contributed by atoms with van der Waals surface area (Å²) in [6.07, 6.45) is 14.1. The number of likely N-dealkylation sites (tertiary alicyclic amines) is 1. The molecular formula is C36H39Cl2N3O4. The van der Waals surface area contributed by atoms with Gasteiger partial charge in [-0.15, -0.1) is 0 Å². The van der Waals surface area contributed by atoms with E-state index >= 15 is 0 Å². The minimum absolute atomic E-state index is 0.0801. The van der Waals surface area contributed by atoms with Crippen LogP contribution in [-0.4, -0.2) is 53.4 Å². The molecule has 0 spiro atoms. The minimum Gasteiger partial charge on any atom is -0.489 e. The van der Waals surface area contributed by atoms with Crippen molar-refractivity contribution < 1.29 is 19.3 Å². The van der Waals surface area contributed by atoms with Gasteiger partial charge >= 0.3 is 0 Å². The summed E-state index contributed by atoms with van der Waals surface area (Å²) in [5, 5.41) is 20.3. The van der Waals surface area contributed by atoms with Crippen LogP contribution >= 0.6 is 23.2 Å². The zero-order chi connectivity index (χ0) is 31.6. The average Bonchev–Trinajstić information content (AvgIpc) is 3.07. The van der Waals surface area contributed by atoms with Crippen molar-refractivity contribution >= 4 is 28.8 Å². The number of hydrogen-bond acceptors (Lipinski definition) is 7. The van der Waals surface area contributed by atoms with Gasteiger partial charge in [0.05, 0.1) is 17.2 Å². The van der Waals surface area contributed by atoms with E-state index in [9.17, 15) is 10.4 Å². The molecule has 1 aliphatic carbocycles. The van der Waals surface area contributed by atoms with E-state index in [1.54, 1.807) is 24.4 Å². The Balaban J connectivity index is 1.35. The lowest BCUT2D eigenvalue weighted by Crippen LogP contribution is -2.45. The lowest BCUT2D eigenvalue weighted by molar-refractivity contribution is -0.0620. The maximum Gasteiger partial charge on any atom is 0.141 e. The lowest BCUT2D eigenvalue weighted by Gasteiger charge is -2.40. The third-order valence-corrected chi connectivity index (χ3v) is 9.16. The minimum atomic E-state index is -0.783. The molecule has 5 rings (SSSR count). The number of nitrogens with zero attached hydrogens (tertiary/aromatic N) is 3. The number of rotatable bonds is 13. The molecule has 2 aliphatic rings. The molecule has 45 heavy (non-hydrogen) atoms. The lowest BCUT2D eigenvalue weighted by atomic mass is 9.77. The number of ether oxygens (including phenoxy) is 3. The van der Waals surface area contributed by atoms with E-state index in [-0.39, 0.29) is 25.7 Å². The maximum absolute atomic E-state index is 10.0. The van der Waals surface area contributed by atoms with Gasteiger partial charge in [-0.25, -0.2) is 0 Å². The second-order valence-corrected chi connectivity index (χ2v) is 12.4. The number of allylic oxidation sites excluding steroid dienone is 2. The highest BCUT2D eigenvalue weighted by Gasteiger charge is 2.40. The van der Waals surface area contributed by atoms with Crippen LogP contribution in [0.1, 0.15) is 54.9 Å². The quantitative estimate of drug-likeness (QED) is 0.191. The summed E-state index contributed by atoms with van der Waals surface area (Å²) >= 11 is 13.3. The zero-order valence-corrected chi connectivity index (χ0v) is 27.1. The van der Waals surface area contributed by atoms with Gasteiger partial charge in [0.1, 0.15) is 36.4 Å². The Kier molecular flexibility index (Phi) is 11.6. The highest BCUT2D eigenvalue weighted by Crippen LogP contribution is 2.42. The molecule has 1 aliphatic heterocycles. The summed E-state index contributed by atoms with van der Waals surface area (Å²) in [5.74, 6) is 0.765. The number of piperidine rings is 1. The number of hydrogen-bond donors (Lipinski definition) is 1. The van der Waals surface area contributed by atoms with Crippen molar-refractivity contribution in [1.29, 1.82) is 5.26 Å². The number of aliphatic hydroxyl groups is 1. The Morgan fingerprint density at radius 3 is 2.64 bits per heavy atom. The molecule has 2 aromatic carbocycles. The van der Waals surface area contributed by atoms with Gasteiger partial charge in [-0.05, 0) is 67.8 Å². The van der Waals surface area contributed by atoms with Crippen LogP contribution in [0.25, 0.3) is 5.57 Å². The summed E-state index contributed by atoms with van der Waals surface area (Å²) in [5.41, 5.74) is 2.95. The van der Waals surface area contributed by atoms with Gasteiger partial charge in [0, 0.05) is 53.7 Å². The normalized spacial score (nSPS) is 20.0. The largest absolute Gasteiger partial charge is 0.489 e. The van der Waals surface area contributed by atoms with Crippen LogP contribution in [0.5, 0.6) is 11.5 Å². The first kappa shape index (κ1) is 33.0. The predicted molar refractivity (Wildman–Crippen MR) is 177 cm³/mol. The highest BCUT2D eigenvalue weighted by atomic mass is 35.5. The Morgan fingerprint density at radius 2 is 1.87 bits per heavy atom. The number of pyridine rings is 1. The van der Waals surface area contributed by atoms with Crippen LogP contribution in [0.15, 0.2) is 73.1 Å². The Labute approximate surface area is 275 Å². The molecule has 2 unspecified atom stereocenters. The maximum atomic E-state index is 10.0. The van der Waals surface area contributed by atoms with Crippen LogP contribution in [-0.2, 0) is 18.0 Å². The Hall–Kier alpha value is -3.38. The Bertz CT molecular complexity index is 1560. The van der Waals surface area contributed by atoms with E-state index < -0.39 is 5.60 Å². The fraction of sp³-hybridized carbons (Fsp3) is 0.389.